The summed E-state index contributed by atoms with van der Waals surface area (Å²) in [5.41, 5.74) is 0.946. The molecule has 0 aliphatic heterocycles. The molecule has 0 heterocycles. The Bertz CT molecular complexity index is 1250. The third-order valence-electron chi connectivity index (χ3n) is 6.91. The number of rotatable bonds is 13. The standard InChI is InChI=1S/C28H39N3O7S/c1-6-24(28(33)29-21-11-7-8-12-21)30(18-20-10-9-13-22(16-20)36-2)27(32)19-31(39(5,34)35)25-15-14-23(37-3)17-26(25)38-4/h9-10,13-17,21,24H,6-8,11-12,18-19H2,1-5H3,(H,29,33)/t24-/m1/s1. The minimum atomic E-state index is -3.91. The van der Waals surface area contributed by atoms with Gasteiger partial charge in [-0.05, 0) is 49.1 Å². The number of hydrogen-bond acceptors (Lipinski definition) is 7. The van der Waals surface area contributed by atoms with Crippen molar-refractivity contribution in [2.45, 2.75) is 57.7 Å². The molecule has 2 aromatic carbocycles. The molecular weight excluding hydrogens is 522 g/mol. The second kappa shape index (κ2) is 13.5. The van der Waals surface area contributed by atoms with Crippen LogP contribution < -0.4 is 23.8 Å². The normalized spacial score (nSPS) is 14.4. The van der Waals surface area contributed by atoms with Gasteiger partial charge in [-0.25, -0.2) is 8.42 Å². The molecule has 1 N–H and O–H groups in total. The average molecular weight is 562 g/mol. The Morgan fingerprint density at radius 1 is 1.00 bits per heavy atom. The molecule has 0 bridgehead atoms. The zero-order chi connectivity index (χ0) is 28.6. The first kappa shape index (κ1) is 30.1. The number of hydrogen-bond donors (Lipinski definition) is 1. The summed E-state index contributed by atoms with van der Waals surface area (Å²) >= 11 is 0. The molecule has 1 saturated carbocycles. The first-order chi connectivity index (χ1) is 18.6. The second-order valence-electron chi connectivity index (χ2n) is 9.59. The molecular formula is C28H39N3O7S. The fraction of sp³-hybridized carbons (Fsp3) is 0.500. The summed E-state index contributed by atoms with van der Waals surface area (Å²) in [6, 6.07) is 11.2. The van der Waals surface area contributed by atoms with Gasteiger partial charge in [-0.1, -0.05) is 31.9 Å². The van der Waals surface area contributed by atoms with Crippen LogP contribution in [0.4, 0.5) is 5.69 Å². The predicted molar refractivity (Wildman–Crippen MR) is 150 cm³/mol. The van der Waals surface area contributed by atoms with E-state index in [1.54, 1.807) is 37.4 Å². The summed E-state index contributed by atoms with van der Waals surface area (Å²) in [6.07, 6.45) is 5.32. The van der Waals surface area contributed by atoms with Gasteiger partial charge in [-0.15, -0.1) is 0 Å². The number of carbonyl (C=O) groups excluding carboxylic acids is 2. The molecule has 1 atom stereocenters. The number of benzene rings is 2. The van der Waals surface area contributed by atoms with Gasteiger partial charge >= 0.3 is 0 Å². The third kappa shape index (κ3) is 7.78. The maximum Gasteiger partial charge on any atom is 0.244 e. The number of carbonyl (C=O) groups is 2. The summed E-state index contributed by atoms with van der Waals surface area (Å²) in [6.45, 7) is 1.42. The van der Waals surface area contributed by atoms with Crippen molar-refractivity contribution in [1.29, 1.82) is 0 Å². The largest absolute Gasteiger partial charge is 0.497 e. The molecule has 2 aromatic rings. The molecule has 0 aromatic heterocycles. The number of sulfonamides is 1. The minimum Gasteiger partial charge on any atom is -0.497 e. The van der Waals surface area contributed by atoms with Crippen LogP contribution in [0.2, 0.25) is 0 Å². The van der Waals surface area contributed by atoms with Crippen LogP contribution in [0.3, 0.4) is 0 Å². The van der Waals surface area contributed by atoms with Crippen LogP contribution in [-0.2, 0) is 26.2 Å². The maximum atomic E-state index is 13.9. The van der Waals surface area contributed by atoms with Crippen molar-refractivity contribution < 1.29 is 32.2 Å². The maximum absolute atomic E-state index is 13.9. The predicted octanol–water partition coefficient (Wildman–Crippen LogP) is 3.34. The van der Waals surface area contributed by atoms with Gasteiger partial charge in [-0.3, -0.25) is 13.9 Å². The van der Waals surface area contributed by atoms with Crippen molar-refractivity contribution in [1.82, 2.24) is 10.2 Å². The molecule has 0 saturated heterocycles. The van der Waals surface area contributed by atoms with Crippen LogP contribution in [0.1, 0.15) is 44.6 Å². The van der Waals surface area contributed by atoms with Crippen molar-refractivity contribution in [3.63, 3.8) is 0 Å². The van der Waals surface area contributed by atoms with Gasteiger partial charge < -0.3 is 24.4 Å². The van der Waals surface area contributed by atoms with E-state index in [9.17, 15) is 18.0 Å². The highest BCUT2D eigenvalue weighted by Gasteiger charge is 2.33. The Morgan fingerprint density at radius 3 is 2.26 bits per heavy atom. The van der Waals surface area contributed by atoms with Crippen LogP contribution in [0, 0.1) is 0 Å². The van der Waals surface area contributed by atoms with E-state index < -0.39 is 28.5 Å². The van der Waals surface area contributed by atoms with Gasteiger partial charge in [0, 0.05) is 18.7 Å². The molecule has 1 aliphatic carbocycles. The molecule has 3 rings (SSSR count). The Morgan fingerprint density at radius 2 is 1.67 bits per heavy atom. The van der Waals surface area contributed by atoms with Crippen molar-refractivity contribution in [3.8, 4) is 17.2 Å². The van der Waals surface area contributed by atoms with Crippen LogP contribution in [0.15, 0.2) is 42.5 Å². The number of amides is 2. The Labute approximate surface area is 231 Å². The number of methoxy groups -OCH3 is 3. The molecule has 10 nitrogen and oxygen atoms in total. The van der Waals surface area contributed by atoms with Gasteiger partial charge in [0.2, 0.25) is 21.8 Å². The zero-order valence-corrected chi connectivity index (χ0v) is 24.1. The Kier molecular flexibility index (Phi) is 10.4. The van der Waals surface area contributed by atoms with Crippen LogP contribution in [0.5, 0.6) is 17.2 Å². The van der Waals surface area contributed by atoms with Gasteiger partial charge in [0.1, 0.15) is 29.8 Å². The first-order valence-electron chi connectivity index (χ1n) is 13.0. The van der Waals surface area contributed by atoms with Crippen molar-refractivity contribution in [3.05, 3.63) is 48.0 Å². The topological polar surface area (TPSA) is 114 Å². The monoisotopic (exact) mass is 561 g/mol. The SMILES string of the molecule is CC[C@H](C(=O)NC1CCCC1)N(Cc1cccc(OC)c1)C(=O)CN(c1ccc(OC)cc1OC)S(C)(=O)=O. The van der Waals surface area contributed by atoms with E-state index in [2.05, 4.69) is 5.32 Å². The van der Waals surface area contributed by atoms with E-state index in [1.165, 1.54) is 25.2 Å². The highest BCUT2D eigenvalue weighted by molar-refractivity contribution is 7.92. The molecule has 0 unspecified atom stereocenters. The quantitative estimate of drug-likeness (QED) is 0.399. The van der Waals surface area contributed by atoms with Crippen molar-refractivity contribution >= 4 is 27.5 Å². The lowest BCUT2D eigenvalue weighted by Gasteiger charge is -2.33. The number of anilines is 1. The summed E-state index contributed by atoms with van der Waals surface area (Å²) in [5, 5.41) is 3.10. The minimum absolute atomic E-state index is 0.0800. The van der Waals surface area contributed by atoms with Crippen molar-refractivity contribution in [2.24, 2.45) is 0 Å². The number of ether oxygens (including phenoxy) is 3. The molecule has 1 fully saturated rings. The fourth-order valence-electron chi connectivity index (χ4n) is 4.84. The second-order valence-corrected chi connectivity index (χ2v) is 11.5. The molecule has 1 aliphatic rings. The smallest absolute Gasteiger partial charge is 0.244 e. The molecule has 39 heavy (non-hydrogen) atoms. The molecule has 11 heteroatoms. The number of nitrogens with zero attached hydrogens (tertiary/aromatic N) is 2. The van der Waals surface area contributed by atoms with E-state index in [1.807, 2.05) is 13.0 Å². The van der Waals surface area contributed by atoms with Gasteiger partial charge in [0.05, 0.1) is 33.3 Å². The van der Waals surface area contributed by atoms with Crippen molar-refractivity contribution in [2.75, 3.05) is 38.4 Å². The molecule has 0 radical (unpaired) electrons. The lowest BCUT2D eigenvalue weighted by atomic mass is 10.1. The lowest BCUT2D eigenvalue weighted by Crippen LogP contribution is -2.53. The lowest BCUT2D eigenvalue weighted by molar-refractivity contribution is -0.140. The first-order valence-corrected chi connectivity index (χ1v) is 14.9. The van der Waals surface area contributed by atoms with E-state index in [0.29, 0.717) is 17.9 Å². The van der Waals surface area contributed by atoms with E-state index in [-0.39, 0.29) is 29.9 Å². The summed E-state index contributed by atoms with van der Waals surface area (Å²) in [5.74, 6) is 0.565. The molecule has 214 valence electrons. The summed E-state index contributed by atoms with van der Waals surface area (Å²) < 4.78 is 42.8. The average Bonchev–Trinajstić information content (AvgIpc) is 3.43. The van der Waals surface area contributed by atoms with Crippen LogP contribution in [-0.4, -0.2) is 71.3 Å². The van der Waals surface area contributed by atoms with Gasteiger partial charge in [0.25, 0.3) is 0 Å². The fourth-order valence-corrected chi connectivity index (χ4v) is 5.69. The Balaban J connectivity index is 1.98. The highest BCUT2D eigenvalue weighted by Crippen LogP contribution is 2.34. The van der Waals surface area contributed by atoms with Gasteiger partial charge in [0.15, 0.2) is 0 Å². The van der Waals surface area contributed by atoms with E-state index in [4.69, 9.17) is 14.2 Å². The summed E-state index contributed by atoms with van der Waals surface area (Å²) in [4.78, 5) is 28.8. The van der Waals surface area contributed by atoms with Crippen LogP contribution >= 0.6 is 0 Å². The van der Waals surface area contributed by atoms with E-state index >= 15 is 0 Å². The van der Waals surface area contributed by atoms with Crippen LogP contribution in [0.25, 0.3) is 0 Å². The zero-order valence-electron chi connectivity index (χ0n) is 23.3. The van der Waals surface area contributed by atoms with Gasteiger partial charge in [-0.2, -0.15) is 0 Å². The highest BCUT2D eigenvalue weighted by atomic mass is 32.2. The van der Waals surface area contributed by atoms with E-state index in [0.717, 1.165) is 41.8 Å². The Hall–Kier alpha value is -3.47. The summed E-state index contributed by atoms with van der Waals surface area (Å²) in [7, 11) is 0.548. The number of nitrogens with one attached hydrogen (secondary N) is 1. The third-order valence-corrected chi connectivity index (χ3v) is 8.04. The molecule has 0 spiro atoms. The molecule has 2 amide bonds.